The summed E-state index contributed by atoms with van der Waals surface area (Å²) in [6, 6.07) is 16.8. The van der Waals surface area contributed by atoms with Gasteiger partial charge >= 0.3 is 0 Å². The van der Waals surface area contributed by atoms with E-state index in [0.29, 0.717) is 6.42 Å². The maximum absolute atomic E-state index is 12.1. The van der Waals surface area contributed by atoms with E-state index >= 15 is 0 Å². The molecule has 0 spiro atoms. The summed E-state index contributed by atoms with van der Waals surface area (Å²) in [5.41, 5.74) is 2.35. The van der Waals surface area contributed by atoms with Crippen LogP contribution in [0.25, 0.3) is 10.2 Å². The van der Waals surface area contributed by atoms with E-state index in [1.807, 2.05) is 6.07 Å². The number of hydrogen-bond donors (Lipinski definition) is 1. The van der Waals surface area contributed by atoms with E-state index in [1.54, 1.807) is 23.1 Å². The Morgan fingerprint density at radius 3 is 2.63 bits per heavy atom. The van der Waals surface area contributed by atoms with Crippen molar-refractivity contribution in [3.63, 3.8) is 0 Å². The van der Waals surface area contributed by atoms with Gasteiger partial charge in [-0.25, -0.2) is 4.98 Å². The first-order valence-corrected chi connectivity index (χ1v) is 12.3. The summed E-state index contributed by atoms with van der Waals surface area (Å²) in [5, 5.41) is 4.19. The molecule has 3 aromatic rings. The van der Waals surface area contributed by atoms with Gasteiger partial charge in [0.25, 0.3) is 0 Å². The number of fused-ring (bicyclic) bond motifs is 1. The molecular formula is C23H28N4OS2. The van der Waals surface area contributed by atoms with E-state index in [0.717, 1.165) is 55.7 Å². The monoisotopic (exact) mass is 440 g/mol. The SMILES string of the molecule is Cc1ccc(SCCC(=O)NCCN2CCN(c3nc4ccccc4s3)CC2)cc1. The van der Waals surface area contributed by atoms with E-state index in [-0.39, 0.29) is 5.91 Å². The minimum absolute atomic E-state index is 0.141. The summed E-state index contributed by atoms with van der Waals surface area (Å²) in [7, 11) is 0. The van der Waals surface area contributed by atoms with Gasteiger partial charge in [-0.1, -0.05) is 41.2 Å². The molecular weight excluding hydrogens is 412 g/mol. The van der Waals surface area contributed by atoms with Crippen LogP contribution in [-0.2, 0) is 4.79 Å². The molecule has 1 N–H and O–H groups in total. The number of thiazole rings is 1. The van der Waals surface area contributed by atoms with Gasteiger partial charge in [0.15, 0.2) is 5.13 Å². The smallest absolute Gasteiger partial charge is 0.220 e. The summed E-state index contributed by atoms with van der Waals surface area (Å²) >= 11 is 3.51. The Morgan fingerprint density at radius 1 is 1.10 bits per heavy atom. The highest BCUT2D eigenvalue weighted by atomic mass is 32.2. The molecule has 2 heterocycles. The van der Waals surface area contributed by atoms with Gasteiger partial charge in [-0.2, -0.15) is 0 Å². The number of nitrogens with zero attached hydrogens (tertiary/aromatic N) is 3. The first-order chi connectivity index (χ1) is 14.7. The van der Waals surface area contributed by atoms with Crippen molar-refractivity contribution in [3.8, 4) is 0 Å². The van der Waals surface area contributed by atoms with E-state index in [1.165, 1.54) is 15.2 Å². The molecule has 158 valence electrons. The number of aromatic nitrogens is 1. The minimum atomic E-state index is 0.141. The number of para-hydroxylation sites is 1. The average molecular weight is 441 g/mol. The third kappa shape index (κ3) is 5.74. The van der Waals surface area contributed by atoms with Gasteiger partial charge < -0.3 is 10.2 Å². The number of carbonyl (C=O) groups is 1. The number of carbonyl (C=O) groups excluding carboxylic acids is 1. The van der Waals surface area contributed by atoms with Crippen molar-refractivity contribution in [2.24, 2.45) is 0 Å². The molecule has 7 heteroatoms. The number of rotatable bonds is 8. The molecule has 5 nitrogen and oxygen atoms in total. The third-order valence-electron chi connectivity index (χ3n) is 5.29. The van der Waals surface area contributed by atoms with E-state index in [4.69, 9.17) is 4.98 Å². The van der Waals surface area contributed by atoms with E-state index in [9.17, 15) is 4.79 Å². The zero-order valence-electron chi connectivity index (χ0n) is 17.3. The van der Waals surface area contributed by atoms with Crippen LogP contribution in [-0.4, -0.2) is 60.8 Å². The Kier molecular flexibility index (Phi) is 7.25. The second-order valence-corrected chi connectivity index (χ2v) is 9.73. The number of nitrogens with one attached hydrogen (secondary N) is 1. The topological polar surface area (TPSA) is 48.5 Å². The molecule has 1 aliphatic heterocycles. The fourth-order valence-corrected chi connectivity index (χ4v) is 5.36. The molecule has 0 unspecified atom stereocenters. The van der Waals surface area contributed by atoms with Crippen LogP contribution in [0.5, 0.6) is 0 Å². The minimum Gasteiger partial charge on any atom is -0.355 e. The largest absolute Gasteiger partial charge is 0.355 e. The fraction of sp³-hybridized carbons (Fsp3) is 0.391. The normalized spacial score (nSPS) is 14.9. The lowest BCUT2D eigenvalue weighted by Crippen LogP contribution is -2.48. The molecule has 1 aliphatic rings. The summed E-state index contributed by atoms with van der Waals surface area (Å²) in [6.07, 6.45) is 0.559. The molecule has 1 aromatic heterocycles. The standard InChI is InChI=1S/C23H28N4OS2/c1-18-6-8-19(9-7-18)29-17-10-22(28)24-11-12-26-13-15-27(16-14-26)23-25-20-4-2-3-5-21(20)30-23/h2-9H,10-17H2,1H3,(H,24,28). The van der Waals surface area contributed by atoms with Crippen molar-refractivity contribution >= 4 is 44.4 Å². The number of aryl methyl sites for hydroxylation is 1. The Labute approximate surface area is 186 Å². The summed E-state index contributed by atoms with van der Waals surface area (Å²) in [6.45, 7) is 7.70. The van der Waals surface area contributed by atoms with Crippen LogP contribution in [0.3, 0.4) is 0 Å². The van der Waals surface area contributed by atoms with Crippen molar-refractivity contribution < 1.29 is 4.79 Å². The van der Waals surface area contributed by atoms with Crippen LogP contribution in [0.1, 0.15) is 12.0 Å². The van der Waals surface area contributed by atoms with Gasteiger partial charge in [-0.15, -0.1) is 11.8 Å². The lowest BCUT2D eigenvalue weighted by Gasteiger charge is -2.34. The van der Waals surface area contributed by atoms with Crippen LogP contribution in [0.4, 0.5) is 5.13 Å². The summed E-state index contributed by atoms with van der Waals surface area (Å²) < 4.78 is 1.25. The zero-order chi connectivity index (χ0) is 20.8. The van der Waals surface area contributed by atoms with Crippen molar-refractivity contribution in [3.05, 3.63) is 54.1 Å². The summed E-state index contributed by atoms with van der Waals surface area (Å²) in [5.74, 6) is 0.957. The van der Waals surface area contributed by atoms with Crippen LogP contribution >= 0.6 is 23.1 Å². The van der Waals surface area contributed by atoms with E-state index in [2.05, 4.69) is 64.5 Å². The maximum Gasteiger partial charge on any atom is 0.220 e. The molecule has 0 saturated carbocycles. The lowest BCUT2D eigenvalue weighted by atomic mass is 10.2. The highest BCUT2D eigenvalue weighted by molar-refractivity contribution is 7.99. The van der Waals surface area contributed by atoms with E-state index < -0.39 is 0 Å². The van der Waals surface area contributed by atoms with Gasteiger partial charge in [0.05, 0.1) is 10.2 Å². The summed E-state index contributed by atoms with van der Waals surface area (Å²) in [4.78, 5) is 22.9. The molecule has 30 heavy (non-hydrogen) atoms. The van der Waals surface area contributed by atoms with Crippen LogP contribution < -0.4 is 10.2 Å². The molecule has 0 atom stereocenters. The van der Waals surface area contributed by atoms with Crippen molar-refractivity contribution in [2.75, 3.05) is 49.9 Å². The Morgan fingerprint density at radius 2 is 1.87 bits per heavy atom. The third-order valence-corrected chi connectivity index (χ3v) is 7.41. The van der Waals surface area contributed by atoms with Gasteiger partial charge in [0.2, 0.25) is 5.91 Å². The quantitative estimate of drug-likeness (QED) is 0.536. The van der Waals surface area contributed by atoms with Crippen LogP contribution in [0.15, 0.2) is 53.4 Å². The number of benzene rings is 2. The Balaban J connectivity index is 1.12. The molecule has 1 amide bonds. The van der Waals surface area contributed by atoms with Crippen LogP contribution in [0, 0.1) is 6.92 Å². The zero-order valence-corrected chi connectivity index (χ0v) is 19.0. The highest BCUT2D eigenvalue weighted by Crippen LogP contribution is 2.29. The van der Waals surface area contributed by atoms with Crippen molar-refractivity contribution in [2.45, 2.75) is 18.2 Å². The second kappa shape index (κ2) is 10.3. The average Bonchev–Trinajstić information content (AvgIpc) is 3.20. The van der Waals surface area contributed by atoms with Crippen LogP contribution in [0.2, 0.25) is 0 Å². The Hall–Kier alpha value is -2.09. The van der Waals surface area contributed by atoms with Crippen molar-refractivity contribution in [1.82, 2.24) is 15.2 Å². The predicted octanol–water partition coefficient (Wildman–Crippen LogP) is 4.03. The van der Waals surface area contributed by atoms with Crippen molar-refractivity contribution in [1.29, 1.82) is 0 Å². The second-order valence-electron chi connectivity index (χ2n) is 7.55. The molecule has 0 bridgehead atoms. The number of hydrogen-bond acceptors (Lipinski definition) is 6. The molecule has 2 aromatic carbocycles. The van der Waals surface area contributed by atoms with Gasteiger partial charge in [0, 0.05) is 56.3 Å². The number of piperazine rings is 1. The lowest BCUT2D eigenvalue weighted by molar-refractivity contribution is -0.120. The number of amides is 1. The fourth-order valence-electron chi connectivity index (χ4n) is 3.50. The van der Waals surface area contributed by atoms with Gasteiger partial charge in [0.1, 0.15) is 0 Å². The molecule has 1 saturated heterocycles. The molecule has 1 fully saturated rings. The van der Waals surface area contributed by atoms with Gasteiger partial charge in [-0.3, -0.25) is 9.69 Å². The number of thioether (sulfide) groups is 1. The van der Waals surface area contributed by atoms with Gasteiger partial charge in [-0.05, 0) is 31.2 Å². The maximum atomic E-state index is 12.1. The molecule has 0 aliphatic carbocycles. The predicted molar refractivity (Wildman–Crippen MR) is 128 cm³/mol. The Bertz CT molecular complexity index is 932. The molecule has 4 rings (SSSR count). The first-order valence-electron chi connectivity index (χ1n) is 10.5. The highest BCUT2D eigenvalue weighted by Gasteiger charge is 2.19. The molecule has 0 radical (unpaired) electrons. The first kappa shape index (κ1) is 21.2. The number of anilines is 1.